The predicted octanol–water partition coefficient (Wildman–Crippen LogP) is 1.02. The monoisotopic (exact) mass is 438 g/mol. The zero-order valence-electron chi connectivity index (χ0n) is 16.6. The fraction of sp³-hybridized carbons (Fsp3) is 0.350. The number of fused-ring (bicyclic) bond motifs is 1. The van der Waals surface area contributed by atoms with Gasteiger partial charge in [-0.05, 0) is 17.2 Å². The Morgan fingerprint density at radius 3 is 2.00 bits per heavy atom. The molecule has 0 fully saturated rings. The highest BCUT2D eigenvalue weighted by atomic mass is 35.5. The fourth-order valence-electron chi connectivity index (χ4n) is 3.36. The maximum absolute atomic E-state index is 13.4. The third-order valence-electron chi connectivity index (χ3n) is 4.77. The highest BCUT2D eigenvalue weighted by Gasteiger charge is 2.61. The minimum atomic E-state index is -2.67. The van der Waals surface area contributed by atoms with Gasteiger partial charge in [-0.15, -0.1) is 0 Å². The quantitative estimate of drug-likeness (QED) is 0.218. The molecule has 30 heavy (non-hydrogen) atoms. The van der Waals surface area contributed by atoms with Crippen molar-refractivity contribution >= 4 is 47.3 Å². The summed E-state index contributed by atoms with van der Waals surface area (Å²) in [5.41, 5.74) is -0.132. The van der Waals surface area contributed by atoms with Gasteiger partial charge in [-0.1, -0.05) is 35.9 Å². The van der Waals surface area contributed by atoms with Crippen LogP contribution in [0.1, 0.15) is 17.0 Å². The van der Waals surface area contributed by atoms with Crippen LogP contribution >= 0.6 is 11.6 Å². The van der Waals surface area contributed by atoms with E-state index in [0.29, 0.717) is 0 Å². The van der Waals surface area contributed by atoms with Crippen LogP contribution in [-0.4, -0.2) is 63.0 Å². The molecule has 0 N–H and O–H groups in total. The number of halogens is 1. The van der Waals surface area contributed by atoms with Crippen LogP contribution in [-0.2, 0) is 42.9 Å². The van der Waals surface area contributed by atoms with E-state index in [0.717, 1.165) is 28.4 Å². The summed E-state index contributed by atoms with van der Waals surface area (Å²) < 4.78 is 18.8. The van der Waals surface area contributed by atoms with E-state index < -0.39 is 51.9 Å². The second kappa shape index (κ2) is 9.08. The molecule has 1 aromatic carbocycles. The van der Waals surface area contributed by atoms with Crippen molar-refractivity contribution in [1.82, 2.24) is 0 Å². The first-order valence-corrected chi connectivity index (χ1v) is 8.93. The number of hydrogen-bond donors (Lipinski definition) is 0. The van der Waals surface area contributed by atoms with E-state index in [-0.39, 0.29) is 11.1 Å². The molecule has 2 rings (SSSR count). The van der Waals surface area contributed by atoms with E-state index in [2.05, 4.69) is 4.74 Å². The molecule has 9 nitrogen and oxygen atoms in total. The second-order valence-electron chi connectivity index (χ2n) is 6.21. The smallest absolute Gasteiger partial charge is 0.341 e. The highest BCUT2D eigenvalue weighted by molar-refractivity contribution is 6.52. The van der Waals surface area contributed by atoms with Crippen LogP contribution in [0.5, 0.6) is 0 Å². The van der Waals surface area contributed by atoms with Crippen molar-refractivity contribution in [2.75, 3.05) is 28.4 Å². The SMILES string of the molecule is COC(=O)C1=Cc2ccccc2[C@H](C(C(=O)OC)C(=O)OC)[C@@](Cl)(C(=O)OC)C1=O. The van der Waals surface area contributed by atoms with Crippen LogP contribution in [0.25, 0.3) is 6.08 Å². The molecule has 0 radical (unpaired) electrons. The van der Waals surface area contributed by atoms with Crippen LogP contribution < -0.4 is 0 Å². The van der Waals surface area contributed by atoms with Crippen molar-refractivity contribution in [3.05, 3.63) is 41.0 Å². The van der Waals surface area contributed by atoms with Gasteiger partial charge in [0.2, 0.25) is 10.7 Å². The molecule has 0 saturated carbocycles. The van der Waals surface area contributed by atoms with Crippen LogP contribution in [0.2, 0.25) is 0 Å². The van der Waals surface area contributed by atoms with Crippen LogP contribution in [0.3, 0.4) is 0 Å². The van der Waals surface area contributed by atoms with Crippen LogP contribution in [0.4, 0.5) is 0 Å². The lowest BCUT2D eigenvalue weighted by atomic mass is 9.73. The Balaban J connectivity index is 2.96. The Morgan fingerprint density at radius 2 is 1.50 bits per heavy atom. The maximum atomic E-state index is 13.4. The van der Waals surface area contributed by atoms with Crippen LogP contribution in [0, 0.1) is 5.92 Å². The number of ketones is 1. The molecule has 2 atom stereocenters. The molecule has 10 heteroatoms. The Hall–Kier alpha value is -3.20. The van der Waals surface area contributed by atoms with Gasteiger partial charge in [-0.2, -0.15) is 0 Å². The molecule has 0 aromatic heterocycles. The Morgan fingerprint density at radius 1 is 0.933 bits per heavy atom. The normalized spacial score (nSPS) is 20.4. The van der Waals surface area contributed by atoms with E-state index in [9.17, 15) is 24.0 Å². The average Bonchev–Trinajstić information content (AvgIpc) is 2.86. The summed E-state index contributed by atoms with van der Waals surface area (Å²) >= 11 is 6.58. The summed E-state index contributed by atoms with van der Waals surface area (Å²) in [5.74, 6) is -9.14. The maximum Gasteiger partial charge on any atom is 0.341 e. The number of carbonyl (C=O) groups excluding carboxylic acids is 5. The molecule has 0 heterocycles. The number of carbonyl (C=O) groups is 5. The van der Waals surface area contributed by atoms with Gasteiger partial charge in [-0.25, -0.2) is 9.59 Å². The van der Waals surface area contributed by atoms with Crippen molar-refractivity contribution in [1.29, 1.82) is 0 Å². The van der Waals surface area contributed by atoms with Crippen LogP contribution in [0.15, 0.2) is 29.8 Å². The summed E-state index contributed by atoms with van der Waals surface area (Å²) in [5, 5.41) is 0. The predicted molar refractivity (Wildman–Crippen MR) is 102 cm³/mol. The number of alkyl halides is 1. The van der Waals surface area contributed by atoms with E-state index in [4.69, 9.17) is 25.8 Å². The lowest BCUT2D eigenvalue weighted by molar-refractivity contribution is -0.161. The van der Waals surface area contributed by atoms with Crippen molar-refractivity contribution in [3.63, 3.8) is 0 Å². The van der Waals surface area contributed by atoms with Gasteiger partial charge in [0.1, 0.15) is 5.57 Å². The number of Topliss-reactive ketones (excluding diaryl/α,β-unsaturated/α-hetero) is 1. The first-order valence-electron chi connectivity index (χ1n) is 8.55. The van der Waals surface area contributed by atoms with Crippen molar-refractivity contribution in [2.45, 2.75) is 10.8 Å². The van der Waals surface area contributed by atoms with Gasteiger partial charge in [-0.3, -0.25) is 14.4 Å². The van der Waals surface area contributed by atoms with Gasteiger partial charge >= 0.3 is 23.9 Å². The minimum Gasteiger partial charge on any atom is -0.468 e. The molecule has 0 amide bonds. The molecular formula is C20H19ClO9. The zero-order chi connectivity index (χ0) is 22.6. The molecule has 0 saturated heterocycles. The first-order chi connectivity index (χ1) is 14.2. The van der Waals surface area contributed by atoms with Crippen molar-refractivity contribution < 1.29 is 42.9 Å². The number of hydrogen-bond acceptors (Lipinski definition) is 9. The number of benzene rings is 1. The molecule has 160 valence electrons. The molecule has 0 spiro atoms. The molecule has 1 aliphatic rings. The summed E-state index contributed by atoms with van der Waals surface area (Å²) in [4.78, 5) is 60.9. The third-order valence-corrected chi connectivity index (χ3v) is 5.33. The third kappa shape index (κ3) is 3.68. The zero-order valence-corrected chi connectivity index (χ0v) is 17.3. The molecule has 0 unspecified atom stereocenters. The van der Waals surface area contributed by atoms with Gasteiger partial charge in [0.05, 0.1) is 28.4 Å². The fourth-order valence-corrected chi connectivity index (χ4v) is 3.78. The van der Waals surface area contributed by atoms with E-state index in [1.165, 1.54) is 18.2 Å². The molecule has 1 aliphatic carbocycles. The summed E-state index contributed by atoms with van der Waals surface area (Å²) in [6.45, 7) is 0. The number of esters is 4. The standard InChI is InChI=1S/C20H19ClO9/c1-27-16(23)12-9-10-7-5-6-8-11(10)14(13(17(24)28-2)18(25)29-3)20(21,15(12)22)19(26)30-4/h5-9,13-14H,1-4H3/t14-,20+/m1/s1. The van der Waals surface area contributed by atoms with Gasteiger partial charge in [0.15, 0.2) is 5.92 Å². The Kier molecular flexibility index (Phi) is 6.99. The van der Waals surface area contributed by atoms with Gasteiger partial charge in [0.25, 0.3) is 0 Å². The van der Waals surface area contributed by atoms with Gasteiger partial charge in [0, 0.05) is 5.92 Å². The van der Waals surface area contributed by atoms with Crippen molar-refractivity contribution in [2.24, 2.45) is 5.92 Å². The lowest BCUT2D eigenvalue weighted by Gasteiger charge is -2.34. The number of methoxy groups -OCH3 is 4. The van der Waals surface area contributed by atoms with E-state index in [1.807, 2.05) is 0 Å². The topological polar surface area (TPSA) is 122 Å². The average molecular weight is 439 g/mol. The highest BCUT2D eigenvalue weighted by Crippen LogP contribution is 2.47. The first kappa shape index (κ1) is 23.1. The Bertz CT molecular complexity index is 920. The molecule has 0 bridgehead atoms. The van der Waals surface area contributed by atoms with E-state index >= 15 is 0 Å². The van der Waals surface area contributed by atoms with E-state index in [1.54, 1.807) is 12.1 Å². The lowest BCUT2D eigenvalue weighted by Crippen LogP contribution is -2.53. The summed E-state index contributed by atoms with van der Waals surface area (Å²) in [7, 11) is 4.06. The molecule has 1 aromatic rings. The summed E-state index contributed by atoms with van der Waals surface area (Å²) in [6, 6.07) is 6.12. The summed E-state index contributed by atoms with van der Waals surface area (Å²) in [6.07, 6.45) is 1.18. The van der Waals surface area contributed by atoms with Gasteiger partial charge < -0.3 is 18.9 Å². The van der Waals surface area contributed by atoms with Crippen molar-refractivity contribution in [3.8, 4) is 0 Å². The number of ether oxygens (including phenoxy) is 4. The minimum absolute atomic E-state index is 0.158. The Labute approximate surface area is 176 Å². The number of rotatable bonds is 5. The largest absolute Gasteiger partial charge is 0.468 e. The molecular weight excluding hydrogens is 420 g/mol. The second-order valence-corrected chi connectivity index (χ2v) is 6.81. The molecule has 0 aliphatic heterocycles.